The SMILES string of the molecule is CC(C)CSc1ccc(C(C)N)c(Cl)c1. The van der Waals surface area contributed by atoms with Crippen molar-refractivity contribution in [2.24, 2.45) is 11.7 Å². The maximum atomic E-state index is 6.15. The molecule has 0 aliphatic rings. The summed E-state index contributed by atoms with van der Waals surface area (Å²) in [7, 11) is 0. The molecule has 0 saturated carbocycles. The Labute approximate surface area is 101 Å². The van der Waals surface area contributed by atoms with Crippen molar-refractivity contribution in [3.05, 3.63) is 28.8 Å². The lowest BCUT2D eigenvalue weighted by atomic mass is 10.1. The minimum absolute atomic E-state index is 0.00153. The predicted octanol–water partition coefficient (Wildman–Crippen LogP) is 4.11. The third kappa shape index (κ3) is 4.06. The molecule has 0 aliphatic carbocycles. The van der Waals surface area contributed by atoms with Crippen LogP contribution in [0.3, 0.4) is 0 Å². The Balaban J connectivity index is 2.73. The second-order valence-corrected chi connectivity index (χ2v) is 5.68. The van der Waals surface area contributed by atoms with E-state index in [9.17, 15) is 0 Å². The lowest BCUT2D eigenvalue weighted by Gasteiger charge is -2.10. The van der Waals surface area contributed by atoms with Crippen LogP contribution >= 0.6 is 23.4 Å². The van der Waals surface area contributed by atoms with E-state index in [2.05, 4.69) is 19.9 Å². The van der Waals surface area contributed by atoms with Gasteiger partial charge in [0, 0.05) is 21.7 Å². The molecule has 1 nitrogen and oxygen atoms in total. The van der Waals surface area contributed by atoms with Gasteiger partial charge in [0.15, 0.2) is 0 Å². The van der Waals surface area contributed by atoms with E-state index >= 15 is 0 Å². The Kier molecular flexibility index (Phi) is 4.97. The molecule has 0 amide bonds. The Hall–Kier alpha value is -0.180. The molecule has 1 unspecified atom stereocenters. The first-order chi connectivity index (χ1) is 7.00. The summed E-state index contributed by atoms with van der Waals surface area (Å²) >= 11 is 7.98. The molecule has 1 rings (SSSR count). The second kappa shape index (κ2) is 5.78. The minimum atomic E-state index is 0.00153. The second-order valence-electron chi connectivity index (χ2n) is 4.18. The number of hydrogen-bond donors (Lipinski definition) is 1. The molecule has 0 aliphatic heterocycles. The van der Waals surface area contributed by atoms with Gasteiger partial charge in [0.05, 0.1) is 0 Å². The monoisotopic (exact) mass is 243 g/mol. The molecule has 1 aromatic carbocycles. The van der Waals surface area contributed by atoms with Gasteiger partial charge in [-0.2, -0.15) is 0 Å². The molecule has 1 aromatic rings. The summed E-state index contributed by atoms with van der Waals surface area (Å²) in [5.41, 5.74) is 6.81. The summed E-state index contributed by atoms with van der Waals surface area (Å²) in [5, 5.41) is 0.777. The van der Waals surface area contributed by atoms with Crippen molar-refractivity contribution in [2.75, 3.05) is 5.75 Å². The Morgan fingerprint density at radius 1 is 1.33 bits per heavy atom. The van der Waals surface area contributed by atoms with E-state index in [0.29, 0.717) is 5.92 Å². The van der Waals surface area contributed by atoms with Gasteiger partial charge in [0.1, 0.15) is 0 Å². The summed E-state index contributed by atoms with van der Waals surface area (Å²) in [6, 6.07) is 6.13. The number of nitrogens with two attached hydrogens (primary N) is 1. The molecule has 15 heavy (non-hydrogen) atoms. The van der Waals surface area contributed by atoms with Crippen LogP contribution in [0.25, 0.3) is 0 Å². The first-order valence-electron chi connectivity index (χ1n) is 5.18. The van der Waals surface area contributed by atoms with Crippen molar-refractivity contribution >= 4 is 23.4 Å². The van der Waals surface area contributed by atoms with Crippen LogP contribution < -0.4 is 5.73 Å². The van der Waals surface area contributed by atoms with Gasteiger partial charge in [-0.1, -0.05) is 31.5 Å². The molecule has 0 saturated heterocycles. The van der Waals surface area contributed by atoms with E-state index in [0.717, 1.165) is 16.3 Å². The average Bonchev–Trinajstić information content (AvgIpc) is 2.14. The number of rotatable bonds is 4. The lowest BCUT2D eigenvalue weighted by molar-refractivity contribution is 0.750. The highest BCUT2D eigenvalue weighted by atomic mass is 35.5. The van der Waals surface area contributed by atoms with Crippen molar-refractivity contribution in [3.63, 3.8) is 0 Å². The van der Waals surface area contributed by atoms with Crippen LogP contribution in [-0.4, -0.2) is 5.75 Å². The van der Waals surface area contributed by atoms with Crippen LogP contribution in [0.15, 0.2) is 23.1 Å². The molecule has 3 heteroatoms. The van der Waals surface area contributed by atoms with Gasteiger partial charge in [-0.15, -0.1) is 11.8 Å². The van der Waals surface area contributed by atoms with E-state index in [-0.39, 0.29) is 6.04 Å². The van der Waals surface area contributed by atoms with Crippen molar-refractivity contribution in [1.29, 1.82) is 0 Å². The molecule has 2 N–H and O–H groups in total. The number of halogens is 1. The number of thioether (sulfide) groups is 1. The summed E-state index contributed by atoms with van der Waals surface area (Å²) in [6.45, 7) is 6.37. The molecule has 84 valence electrons. The normalized spacial score (nSPS) is 13.2. The van der Waals surface area contributed by atoms with Crippen molar-refractivity contribution in [2.45, 2.75) is 31.7 Å². The first-order valence-corrected chi connectivity index (χ1v) is 6.55. The van der Waals surface area contributed by atoms with Crippen LogP contribution in [0.1, 0.15) is 32.4 Å². The molecule has 0 radical (unpaired) electrons. The van der Waals surface area contributed by atoms with Gasteiger partial charge in [-0.3, -0.25) is 0 Å². The van der Waals surface area contributed by atoms with E-state index in [4.69, 9.17) is 17.3 Å². The fraction of sp³-hybridized carbons (Fsp3) is 0.500. The van der Waals surface area contributed by atoms with Gasteiger partial charge in [0.2, 0.25) is 0 Å². The molecule has 0 heterocycles. The molecular weight excluding hydrogens is 226 g/mol. The smallest absolute Gasteiger partial charge is 0.0464 e. The Bertz CT molecular complexity index is 323. The van der Waals surface area contributed by atoms with Gasteiger partial charge in [-0.05, 0) is 30.5 Å². The van der Waals surface area contributed by atoms with Crippen LogP contribution in [0, 0.1) is 5.92 Å². The molecule has 0 bridgehead atoms. The number of hydrogen-bond acceptors (Lipinski definition) is 2. The quantitative estimate of drug-likeness (QED) is 0.806. The maximum absolute atomic E-state index is 6.15. The Morgan fingerprint density at radius 3 is 2.47 bits per heavy atom. The molecule has 1 atom stereocenters. The van der Waals surface area contributed by atoms with Crippen molar-refractivity contribution < 1.29 is 0 Å². The molecular formula is C12H18ClNS. The topological polar surface area (TPSA) is 26.0 Å². The molecule has 0 spiro atoms. The van der Waals surface area contributed by atoms with Crippen LogP contribution in [-0.2, 0) is 0 Å². The molecule has 0 fully saturated rings. The Morgan fingerprint density at radius 2 is 2.00 bits per heavy atom. The van der Waals surface area contributed by atoms with Crippen molar-refractivity contribution in [3.8, 4) is 0 Å². The van der Waals surface area contributed by atoms with E-state index in [1.165, 1.54) is 4.90 Å². The minimum Gasteiger partial charge on any atom is -0.324 e. The fourth-order valence-electron chi connectivity index (χ4n) is 1.23. The third-order valence-corrected chi connectivity index (χ3v) is 3.79. The van der Waals surface area contributed by atoms with Crippen LogP contribution in [0.5, 0.6) is 0 Å². The summed E-state index contributed by atoms with van der Waals surface area (Å²) in [4.78, 5) is 1.22. The summed E-state index contributed by atoms with van der Waals surface area (Å²) < 4.78 is 0. The predicted molar refractivity (Wildman–Crippen MR) is 69.6 cm³/mol. The number of benzene rings is 1. The van der Waals surface area contributed by atoms with Crippen molar-refractivity contribution in [1.82, 2.24) is 0 Å². The highest BCUT2D eigenvalue weighted by molar-refractivity contribution is 7.99. The van der Waals surface area contributed by atoms with Gasteiger partial charge >= 0.3 is 0 Å². The first kappa shape index (κ1) is 12.9. The highest BCUT2D eigenvalue weighted by Gasteiger charge is 2.06. The summed E-state index contributed by atoms with van der Waals surface area (Å²) in [5.74, 6) is 1.82. The zero-order valence-corrected chi connectivity index (χ0v) is 11.0. The highest BCUT2D eigenvalue weighted by Crippen LogP contribution is 2.28. The van der Waals surface area contributed by atoms with E-state index in [1.54, 1.807) is 0 Å². The third-order valence-electron chi connectivity index (χ3n) is 2.05. The molecule has 0 aromatic heterocycles. The maximum Gasteiger partial charge on any atom is 0.0464 e. The average molecular weight is 244 g/mol. The van der Waals surface area contributed by atoms with Gasteiger partial charge < -0.3 is 5.73 Å². The van der Waals surface area contributed by atoms with E-state index in [1.807, 2.05) is 30.8 Å². The van der Waals surface area contributed by atoms with Crippen LogP contribution in [0.4, 0.5) is 0 Å². The zero-order chi connectivity index (χ0) is 11.4. The fourth-order valence-corrected chi connectivity index (χ4v) is 2.54. The van der Waals surface area contributed by atoms with E-state index < -0.39 is 0 Å². The standard InChI is InChI=1S/C12H18ClNS/c1-8(2)7-15-10-4-5-11(9(3)14)12(13)6-10/h4-6,8-9H,7,14H2,1-3H3. The van der Waals surface area contributed by atoms with Gasteiger partial charge in [0.25, 0.3) is 0 Å². The van der Waals surface area contributed by atoms with Crippen LogP contribution in [0.2, 0.25) is 5.02 Å². The zero-order valence-electron chi connectivity index (χ0n) is 9.46. The largest absolute Gasteiger partial charge is 0.324 e. The van der Waals surface area contributed by atoms with Gasteiger partial charge in [-0.25, -0.2) is 0 Å². The lowest BCUT2D eigenvalue weighted by Crippen LogP contribution is -2.05. The summed E-state index contributed by atoms with van der Waals surface area (Å²) in [6.07, 6.45) is 0.